The van der Waals surface area contributed by atoms with E-state index in [1.165, 1.54) is 9.75 Å². The normalized spacial score (nSPS) is 12.4. The third kappa shape index (κ3) is 4.67. The van der Waals surface area contributed by atoms with Crippen molar-refractivity contribution < 1.29 is 4.74 Å². The van der Waals surface area contributed by atoms with Crippen LogP contribution in [0.3, 0.4) is 0 Å². The first-order valence-electron chi connectivity index (χ1n) is 7.32. The van der Waals surface area contributed by atoms with Gasteiger partial charge in [-0.25, -0.2) is 0 Å². The van der Waals surface area contributed by atoms with Crippen LogP contribution in [-0.4, -0.2) is 12.1 Å². The minimum Gasteiger partial charge on any atom is -0.489 e. The number of nitrogens with two attached hydrogens (primary N) is 1. The van der Waals surface area contributed by atoms with Crippen molar-refractivity contribution in [1.82, 2.24) is 0 Å². The maximum Gasteiger partial charge on any atom is 0.144 e. The van der Waals surface area contributed by atoms with Crippen LogP contribution in [-0.2, 0) is 6.42 Å². The summed E-state index contributed by atoms with van der Waals surface area (Å²) in [5.74, 6) is 0.745. The van der Waals surface area contributed by atoms with Crippen LogP contribution in [0.5, 0.6) is 5.75 Å². The minimum absolute atomic E-state index is 0.120. The Labute approximate surface area is 131 Å². The molecule has 0 amide bonds. The number of thiophene rings is 1. The second-order valence-electron chi connectivity index (χ2n) is 5.68. The monoisotopic (exact) mass is 304 g/mol. The molecule has 0 saturated carbocycles. The highest BCUT2D eigenvalue weighted by atomic mass is 32.1. The topological polar surface area (TPSA) is 47.3 Å². The van der Waals surface area contributed by atoms with Crippen LogP contribution in [0, 0.1) is 6.92 Å². The van der Waals surface area contributed by atoms with Crippen LogP contribution in [0.25, 0.3) is 0 Å². The molecular weight excluding hydrogens is 280 g/mol. The van der Waals surface area contributed by atoms with Crippen molar-refractivity contribution in [3.8, 4) is 5.75 Å². The molecule has 0 spiro atoms. The Bertz CT molecular complexity index is 592. The van der Waals surface area contributed by atoms with Crippen LogP contribution in [0.2, 0.25) is 0 Å². The Morgan fingerprint density at radius 2 is 1.95 bits per heavy atom. The predicted molar refractivity (Wildman–Crippen MR) is 92.5 cm³/mol. The first kappa shape index (κ1) is 15.7. The zero-order valence-electron chi connectivity index (χ0n) is 13.1. The van der Waals surface area contributed by atoms with Crippen molar-refractivity contribution in [1.29, 1.82) is 0 Å². The van der Waals surface area contributed by atoms with E-state index < -0.39 is 0 Å². The second kappa shape index (κ2) is 6.85. The summed E-state index contributed by atoms with van der Waals surface area (Å²) in [4.78, 5) is 2.76. The molecule has 1 aromatic carbocycles. The van der Waals surface area contributed by atoms with Crippen molar-refractivity contribution in [2.24, 2.45) is 0 Å². The zero-order chi connectivity index (χ0) is 15.4. The first-order chi connectivity index (χ1) is 9.94. The number of hydrogen-bond acceptors (Lipinski definition) is 4. The van der Waals surface area contributed by atoms with Gasteiger partial charge in [0.2, 0.25) is 0 Å². The molecule has 0 aliphatic heterocycles. The third-order valence-electron chi connectivity index (χ3n) is 3.09. The van der Waals surface area contributed by atoms with E-state index in [2.05, 4.69) is 31.3 Å². The molecule has 1 unspecified atom stereocenters. The smallest absolute Gasteiger partial charge is 0.144 e. The van der Waals surface area contributed by atoms with E-state index in [0.29, 0.717) is 11.7 Å². The van der Waals surface area contributed by atoms with E-state index in [1.807, 2.05) is 43.4 Å². The molecule has 3 N–H and O–H groups in total. The van der Waals surface area contributed by atoms with E-state index in [9.17, 15) is 0 Å². The van der Waals surface area contributed by atoms with Gasteiger partial charge in [0.1, 0.15) is 5.75 Å². The molecule has 3 nitrogen and oxygen atoms in total. The van der Waals surface area contributed by atoms with Crippen molar-refractivity contribution >= 4 is 22.7 Å². The zero-order valence-corrected chi connectivity index (χ0v) is 14.0. The number of hydrogen-bond donors (Lipinski definition) is 2. The molecule has 4 heteroatoms. The van der Waals surface area contributed by atoms with E-state index in [0.717, 1.165) is 17.9 Å². The van der Waals surface area contributed by atoms with E-state index in [4.69, 9.17) is 10.5 Å². The third-order valence-corrected chi connectivity index (χ3v) is 4.12. The Morgan fingerprint density at radius 3 is 2.57 bits per heavy atom. The van der Waals surface area contributed by atoms with E-state index in [1.54, 1.807) is 0 Å². The summed E-state index contributed by atoms with van der Waals surface area (Å²) < 4.78 is 5.73. The molecule has 0 aliphatic carbocycles. The van der Waals surface area contributed by atoms with Crippen LogP contribution < -0.4 is 15.8 Å². The summed E-state index contributed by atoms with van der Waals surface area (Å²) in [6, 6.07) is 10.6. The summed E-state index contributed by atoms with van der Waals surface area (Å²) in [5, 5.41) is 3.51. The number of aryl methyl sites for hydroxylation is 1. The molecule has 0 radical (unpaired) electrons. The van der Waals surface area contributed by atoms with E-state index in [-0.39, 0.29) is 6.10 Å². The van der Waals surface area contributed by atoms with Gasteiger partial charge in [-0.05, 0) is 52.0 Å². The van der Waals surface area contributed by atoms with Gasteiger partial charge in [-0.1, -0.05) is 0 Å². The standard InChI is InChI=1S/C17H24N2OS/c1-11(2)20-17-10-14(6-8-16(17)18)19-12(3)9-15-7-5-13(4)21-15/h5-8,10-12,19H,9,18H2,1-4H3. The average molecular weight is 304 g/mol. The average Bonchev–Trinajstić information content (AvgIpc) is 2.78. The molecule has 1 atom stereocenters. The Hall–Kier alpha value is -1.68. The fraction of sp³-hybridized carbons (Fsp3) is 0.412. The lowest BCUT2D eigenvalue weighted by atomic mass is 10.2. The highest BCUT2D eigenvalue weighted by Crippen LogP contribution is 2.27. The van der Waals surface area contributed by atoms with Gasteiger partial charge < -0.3 is 15.8 Å². The highest BCUT2D eigenvalue weighted by molar-refractivity contribution is 7.11. The van der Waals surface area contributed by atoms with Crippen molar-refractivity contribution in [3.63, 3.8) is 0 Å². The number of ether oxygens (including phenoxy) is 1. The van der Waals surface area contributed by atoms with Crippen LogP contribution in [0.15, 0.2) is 30.3 Å². The van der Waals surface area contributed by atoms with Crippen molar-refractivity contribution in [2.75, 3.05) is 11.1 Å². The largest absolute Gasteiger partial charge is 0.489 e. The maximum absolute atomic E-state index is 5.94. The van der Waals surface area contributed by atoms with Gasteiger partial charge >= 0.3 is 0 Å². The molecule has 1 aromatic heterocycles. The lowest BCUT2D eigenvalue weighted by Gasteiger charge is -2.17. The highest BCUT2D eigenvalue weighted by Gasteiger charge is 2.08. The second-order valence-corrected chi connectivity index (χ2v) is 7.05. The van der Waals surface area contributed by atoms with Crippen LogP contribution >= 0.6 is 11.3 Å². The van der Waals surface area contributed by atoms with Gasteiger partial charge in [-0.2, -0.15) is 0 Å². The summed E-state index contributed by atoms with van der Waals surface area (Å²) in [6.07, 6.45) is 1.14. The Kier molecular flexibility index (Phi) is 5.12. The van der Waals surface area contributed by atoms with Crippen LogP contribution in [0.4, 0.5) is 11.4 Å². The lowest BCUT2D eigenvalue weighted by Crippen LogP contribution is -2.17. The lowest BCUT2D eigenvalue weighted by molar-refractivity contribution is 0.244. The molecule has 1 heterocycles. The molecule has 114 valence electrons. The quantitative estimate of drug-likeness (QED) is 0.774. The molecule has 0 bridgehead atoms. The van der Waals surface area contributed by atoms with Gasteiger partial charge in [0.15, 0.2) is 0 Å². The number of benzene rings is 1. The van der Waals surface area contributed by atoms with Gasteiger partial charge in [0.25, 0.3) is 0 Å². The summed E-state index contributed by atoms with van der Waals surface area (Å²) in [7, 11) is 0. The molecule has 2 rings (SSSR count). The number of rotatable bonds is 6. The SMILES string of the molecule is Cc1ccc(CC(C)Nc2ccc(N)c(OC(C)C)c2)s1. The van der Waals surface area contributed by atoms with Crippen molar-refractivity contribution in [3.05, 3.63) is 40.1 Å². The van der Waals surface area contributed by atoms with Gasteiger partial charge in [-0.15, -0.1) is 11.3 Å². The summed E-state index contributed by atoms with van der Waals surface area (Å²) >= 11 is 1.86. The Morgan fingerprint density at radius 1 is 1.19 bits per heavy atom. The van der Waals surface area contributed by atoms with Crippen LogP contribution in [0.1, 0.15) is 30.5 Å². The van der Waals surface area contributed by atoms with Gasteiger partial charge in [0.05, 0.1) is 11.8 Å². The molecule has 0 saturated heterocycles. The van der Waals surface area contributed by atoms with Gasteiger partial charge in [-0.3, -0.25) is 0 Å². The summed E-state index contributed by atoms with van der Waals surface area (Å²) in [6.45, 7) is 8.33. The molecule has 21 heavy (non-hydrogen) atoms. The molecule has 2 aromatic rings. The molecule has 0 aliphatic rings. The van der Waals surface area contributed by atoms with E-state index >= 15 is 0 Å². The molecule has 0 fully saturated rings. The minimum atomic E-state index is 0.120. The van der Waals surface area contributed by atoms with Crippen molar-refractivity contribution in [2.45, 2.75) is 46.3 Å². The fourth-order valence-corrected chi connectivity index (χ4v) is 3.23. The maximum atomic E-state index is 5.94. The first-order valence-corrected chi connectivity index (χ1v) is 8.13. The molecular formula is C17H24N2OS. The number of anilines is 2. The van der Waals surface area contributed by atoms with Gasteiger partial charge in [0, 0.05) is 34.0 Å². The number of nitrogen functional groups attached to an aromatic ring is 1. The Balaban J connectivity index is 2.01. The number of nitrogens with one attached hydrogen (secondary N) is 1. The fourth-order valence-electron chi connectivity index (χ4n) is 2.21. The predicted octanol–water partition coefficient (Wildman–Crippen LogP) is 4.47. The summed E-state index contributed by atoms with van der Waals surface area (Å²) in [5.41, 5.74) is 7.66.